The maximum atomic E-state index is 12.6. The summed E-state index contributed by atoms with van der Waals surface area (Å²) in [7, 11) is 1.65. The SMILES string of the molecule is COc1ccccc1CCC(=O)N1CCCN(C(=O)C(C)(C)C)CC1. The van der Waals surface area contributed by atoms with Crippen LogP contribution in [0.25, 0.3) is 0 Å². The van der Waals surface area contributed by atoms with Gasteiger partial charge in [-0.25, -0.2) is 0 Å². The Balaban J connectivity index is 1.89. The number of methoxy groups -OCH3 is 1. The monoisotopic (exact) mass is 346 g/mol. The van der Waals surface area contributed by atoms with E-state index in [1.165, 1.54) is 0 Å². The Morgan fingerprint density at radius 3 is 2.36 bits per heavy atom. The fourth-order valence-electron chi connectivity index (χ4n) is 3.15. The fourth-order valence-corrected chi connectivity index (χ4v) is 3.15. The van der Waals surface area contributed by atoms with Crippen molar-refractivity contribution in [2.45, 2.75) is 40.0 Å². The Labute approximate surface area is 150 Å². The van der Waals surface area contributed by atoms with Crippen LogP contribution in [0.5, 0.6) is 5.75 Å². The van der Waals surface area contributed by atoms with Gasteiger partial charge in [0.25, 0.3) is 0 Å². The zero-order chi connectivity index (χ0) is 18.4. The van der Waals surface area contributed by atoms with Gasteiger partial charge in [-0.1, -0.05) is 39.0 Å². The smallest absolute Gasteiger partial charge is 0.228 e. The predicted octanol–water partition coefficient (Wildman–Crippen LogP) is 2.73. The average molecular weight is 346 g/mol. The van der Waals surface area contributed by atoms with Gasteiger partial charge in [0.15, 0.2) is 0 Å². The predicted molar refractivity (Wildman–Crippen MR) is 98.5 cm³/mol. The second kappa shape index (κ2) is 8.37. The van der Waals surface area contributed by atoms with Crippen LogP contribution in [0.2, 0.25) is 0 Å². The number of amides is 2. The number of hydrogen-bond donors (Lipinski definition) is 0. The number of aryl methyl sites for hydroxylation is 1. The first kappa shape index (κ1) is 19.3. The van der Waals surface area contributed by atoms with Gasteiger partial charge in [-0.2, -0.15) is 0 Å². The number of benzene rings is 1. The van der Waals surface area contributed by atoms with Gasteiger partial charge in [0.05, 0.1) is 7.11 Å². The van der Waals surface area contributed by atoms with E-state index in [1.807, 2.05) is 54.8 Å². The highest BCUT2D eigenvalue weighted by Crippen LogP contribution is 2.21. The molecule has 1 aromatic carbocycles. The lowest BCUT2D eigenvalue weighted by atomic mass is 9.94. The van der Waals surface area contributed by atoms with E-state index >= 15 is 0 Å². The molecule has 0 N–H and O–H groups in total. The molecule has 1 aromatic rings. The molecule has 0 aromatic heterocycles. The van der Waals surface area contributed by atoms with Crippen LogP contribution in [0, 0.1) is 5.41 Å². The van der Waals surface area contributed by atoms with Crippen molar-refractivity contribution in [1.82, 2.24) is 9.80 Å². The molecular weight excluding hydrogens is 316 g/mol. The molecule has 0 spiro atoms. The largest absolute Gasteiger partial charge is 0.496 e. The van der Waals surface area contributed by atoms with E-state index in [0.29, 0.717) is 25.9 Å². The molecule has 0 bridgehead atoms. The van der Waals surface area contributed by atoms with Crippen molar-refractivity contribution in [3.05, 3.63) is 29.8 Å². The lowest BCUT2D eigenvalue weighted by Crippen LogP contribution is -2.42. The van der Waals surface area contributed by atoms with E-state index in [4.69, 9.17) is 4.74 Å². The van der Waals surface area contributed by atoms with E-state index in [0.717, 1.165) is 30.8 Å². The van der Waals surface area contributed by atoms with Crippen LogP contribution in [0.3, 0.4) is 0 Å². The molecule has 0 unspecified atom stereocenters. The van der Waals surface area contributed by atoms with Gasteiger partial charge in [0, 0.05) is 38.0 Å². The highest BCUT2D eigenvalue weighted by atomic mass is 16.5. The molecule has 0 saturated carbocycles. The van der Waals surface area contributed by atoms with Gasteiger partial charge >= 0.3 is 0 Å². The highest BCUT2D eigenvalue weighted by molar-refractivity contribution is 5.82. The second-order valence-corrected chi connectivity index (χ2v) is 7.59. The molecule has 1 fully saturated rings. The third kappa shape index (κ3) is 5.21. The molecule has 5 heteroatoms. The highest BCUT2D eigenvalue weighted by Gasteiger charge is 2.29. The molecule has 1 aliphatic rings. The van der Waals surface area contributed by atoms with Crippen LogP contribution in [0.1, 0.15) is 39.2 Å². The van der Waals surface area contributed by atoms with Crippen molar-refractivity contribution in [3.8, 4) is 5.75 Å². The van der Waals surface area contributed by atoms with Gasteiger partial charge in [-0.3, -0.25) is 9.59 Å². The normalized spacial score (nSPS) is 15.7. The molecule has 1 saturated heterocycles. The average Bonchev–Trinajstić information content (AvgIpc) is 2.84. The first-order valence-corrected chi connectivity index (χ1v) is 9.02. The van der Waals surface area contributed by atoms with Gasteiger partial charge < -0.3 is 14.5 Å². The summed E-state index contributed by atoms with van der Waals surface area (Å²) in [6.45, 7) is 8.51. The summed E-state index contributed by atoms with van der Waals surface area (Å²) in [5.74, 6) is 1.14. The molecule has 2 rings (SSSR count). The van der Waals surface area contributed by atoms with E-state index in [9.17, 15) is 9.59 Å². The first-order valence-electron chi connectivity index (χ1n) is 9.02. The first-order chi connectivity index (χ1) is 11.8. The van der Waals surface area contributed by atoms with Crippen LogP contribution < -0.4 is 4.74 Å². The Morgan fingerprint density at radius 1 is 1.04 bits per heavy atom. The van der Waals surface area contributed by atoms with Crippen molar-refractivity contribution in [2.75, 3.05) is 33.3 Å². The Kier molecular flexibility index (Phi) is 6.45. The molecule has 0 radical (unpaired) electrons. The summed E-state index contributed by atoms with van der Waals surface area (Å²) in [6, 6.07) is 7.81. The Bertz CT molecular complexity index is 607. The lowest BCUT2D eigenvalue weighted by Gasteiger charge is -2.28. The van der Waals surface area contributed by atoms with Crippen molar-refractivity contribution < 1.29 is 14.3 Å². The zero-order valence-electron chi connectivity index (χ0n) is 15.9. The number of carbonyl (C=O) groups excluding carboxylic acids is 2. The summed E-state index contributed by atoms with van der Waals surface area (Å²) in [5, 5.41) is 0. The number of para-hydroxylation sites is 1. The molecule has 138 valence electrons. The van der Waals surface area contributed by atoms with Crippen molar-refractivity contribution in [2.24, 2.45) is 5.41 Å². The molecule has 0 atom stereocenters. The maximum Gasteiger partial charge on any atom is 0.228 e. The third-order valence-corrected chi connectivity index (χ3v) is 4.58. The van der Waals surface area contributed by atoms with Gasteiger partial charge in [0.2, 0.25) is 11.8 Å². The van der Waals surface area contributed by atoms with Gasteiger partial charge in [0.1, 0.15) is 5.75 Å². The lowest BCUT2D eigenvalue weighted by molar-refractivity contribution is -0.139. The molecular formula is C20H30N2O3. The summed E-state index contributed by atoms with van der Waals surface area (Å²) in [4.78, 5) is 28.8. The molecule has 5 nitrogen and oxygen atoms in total. The fraction of sp³-hybridized carbons (Fsp3) is 0.600. The quantitative estimate of drug-likeness (QED) is 0.842. The van der Waals surface area contributed by atoms with E-state index in [2.05, 4.69) is 0 Å². The maximum absolute atomic E-state index is 12.6. The molecule has 0 aliphatic carbocycles. The third-order valence-electron chi connectivity index (χ3n) is 4.58. The topological polar surface area (TPSA) is 49.9 Å². The Hall–Kier alpha value is -2.04. The van der Waals surface area contributed by atoms with Crippen molar-refractivity contribution in [1.29, 1.82) is 0 Å². The van der Waals surface area contributed by atoms with E-state index in [1.54, 1.807) is 7.11 Å². The van der Waals surface area contributed by atoms with Crippen LogP contribution >= 0.6 is 0 Å². The molecule has 1 aliphatic heterocycles. The number of rotatable bonds is 4. The standard InChI is InChI=1S/C20H30N2O3/c1-20(2,3)19(24)22-13-7-12-21(14-15-22)18(23)11-10-16-8-5-6-9-17(16)25-4/h5-6,8-9H,7,10-15H2,1-4H3. The summed E-state index contributed by atoms with van der Waals surface area (Å²) >= 11 is 0. The van der Waals surface area contributed by atoms with Crippen molar-refractivity contribution in [3.63, 3.8) is 0 Å². The van der Waals surface area contributed by atoms with Crippen LogP contribution in [-0.4, -0.2) is 54.9 Å². The van der Waals surface area contributed by atoms with Crippen molar-refractivity contribution >= 4 is 11.8 Å². The zero-order valence-corrected chi connectivity index (χ0v) is 15.9. The molecule has 2 amide bonds. The molecule has 25 heavy (non-hydrogen) atoms. The molecule has 1 heterocycles. The van der Waals surface area contributed by atoms with Gasteiger partial charge in [-0.05, 0) is 24.5 Å². The number of hydrogen-bond acceptors (Lipinski definition) is 3. The van der Waals surface area contributed by atoms with Crippen LogP contribution in [0.4, 0.5) is 0 Å². The number of nitrogens with zero attached hydrogens (tertiary/aromatic N) is 2. The second-order valence-electron chi connectivity index (χ2n) is 7.59. The minimum atomic E-state index is -0.372. The summed E-state index contributed by atoms with van der Waals surface area (Å²) in [5.41, 5.74) is 0.681. The Morgan fingerprint density at radius 2 is 1.68 bits per heavy atom. The van der Waals surface area contributed by atoms with E-state index < -0.39 is 0 Å². The number of carbonyl (C=O) groups is 2. The van der Waals surface area contributed by atoms with Crippen LogP contribution in [0.15, 0.2) is 24.3 Å². The van der Waals surface area contributed by atoms with E-state index in [-0.39, 0.29) is 17.2 Å². The minimum Gasteiger partial charge on any atom is -0.496 e. The minimum absolute atomic E-state index is 0.149. The van der Waals surface area contributed by atoms with Crippen LogP contribution in [-0.2, 0) is 16.0 Å². The summed E-state index contributed by atoms with van der Waals surface area (Å²) in [6.07, 6.45) is 1.97. The van der Waals surface area contributed by atoms with Gasteiger partial charge in [-0.15, -0.1) is 0 Å². The summed E-state index contributed by atoms with van der Waals surface area (Å²) < 4.78 is 5.35. The number of ether oxygens (including phenoxy) is 1.